The van der Waals surface area contributed by atoms with Gasteiger partial charge in [-0.05, 0) is 69.7 Å². The van der Waals surface area contributed by atoms with Crippen molar-refractivity contribution in [3.8, 4) is 11.5 Å². The maximum Gasteiger partial charge on any atom is 0.255 e. The van der Waals surface area contributed by atoms with Crippen LogP contribution in [0.2, 0.25) is 0 Å². The van der Waals surface area contributed by atoms with Crippen molar-refractivity contribution in [3.63, 3.8) is 0 Å². The first-order valence-corrected chi connectivity index (χ1v) is 9.85. The van der Waals surface area contributed by atoms with Crippen LogP contribution in [0.3, 0.4) is 0 Å². The molecular weight excluding hydrogens is 376 g/mol. The van der Waals surface area contributed by atoms with E-state index >= 15 is 0 Å². The predicted molar refractivity (Wildman–Crippen MR) is 117 cm³/mol. The number of hydrogen-bond donors (Lipinski definition) is 1. The Hall–Kier alpha value is -3.67. The third-order valence-electron chi connectivity index (χ3n) is 5.07. The summed E-state index contributed by atoms with van der Waals surface area (Å²) in [7, 11) is 0. The number of carbonyl (C=O) groups excluding carboxylic acids is 1. The van der Waals surface area contributed by atoms with Crippen molar-refractivity contribution in [3.05, 3.63) is 88.6 Å². The molecule has 0 aliphatic carbocycles. The SMILES string of the molecule is Cc1cc(C)n(Cc2nc(-c3ccc(NC(=O)c4ccccc4C)cc3)oc2C)n1. The number of rotatable bonds is 5. The Bertz CT molecular complexity index is 1200. The number of oxazole rings is 1. The first-order chi connectivity index (χ1) is 14.4. The van der Waals surface area contributed by atoms with Crippen molar-refractivity contribution in [1.29, 1.82) is 0 Å². The maximum absolute atomic E-state index is 12.5. The van der Waals surface area contributed by atoms with E-state index in [0.717, 1.165) is 39.7 Å². The second kappa shape index (κ2) is 7.99. The van der Waals surface area contributed by atoms with Crippen molar-refractivity contribution in [2.45, 2.75) is 34.2 Å². The first kappa shape index (κ1) is 19.6. The molecular formula is C24H24N4O2. The Kier molecular flexibility index (Phi) is 5.23. The summed E-state index contributed by atoms with van der Waals surface area (Å²) in [6.07, 6.45) is 0. The minimum atomic E-state index is -0.125. The average Bonchev–Trinajstić information content (AvgIpc) is 3.24. The highest BCUT2D eigenvalue weighted by atomic mass is 16.4. The van der Waals surface area contributed by atoms with Gasteiger partial charge in [0.2, 0.25) is 5.89 Å². The molecule has 0 saturated heterocycles. The molecule has 0 fully saturated rings. The van der Waals surface area contributed by atoms with Crippen LogP contribution in [0.25, 0.3) is 11.5 Å². The van der Waals surface area contributed by atoms with E-state index in [4.69, 9.17) is 4.42 Å². The minimum Gasteiger partial charge on any atom is -0.441 e. The monoisotopic (exact) mass is 400 g/mol. The number of anilines is 1. The van der Waals surface area contributed by atoms with Crippen LogP contribution >= 0.6 is 0 Å². The summed E-state index contributed by atoms with van der Waals surface area (Å²) in [5.41, 5.74) is 6.11. The summed E-state index contributed by atoms with van der Waals surface area (Å²) in [4.78, 5) is 17.2. The third-order valence-corrected chi connectivity index (χ3v) is 5.07. The molecule has 0 atom stereocenters. The first-order valence-electron chi connectivity index (χ1n) is 9.85. The van der Waals surface area contributed by atoms with E-state index in [1.54, 1.807) is 0 Å². The smallest absolute Gasteiger partial charge is 0.255 e. The Morgan fingerprint density at radius 1 is 1.03 bits per heavy atom. The van der Waals surface area contributed by atoms with Crippen LogP contribution in [0.15, 0.2) is 59.0 Å². The number of benzene rings is 2. The number of aryl methyl sites for hydroxylation is 4. The van der Waals surface area contributed by atoms with Crippen molar-refractivity contribution < 1.29 is 9.21 Å². The van der Waals surface area contributed by atoms with Gasteiger partial charge in [0, 0.05) is 22.5 Å². The van der Waals surface area contributed by atoms with Gasteiger partial charge in [0.15, 0.2) is 0 Å². The lowest BCUT2D eigenvalue weighted by molar-refractivity contribution is 0.102. The number of amides is 1. The van der Waals surface area contributed by atoms with Crippen LogP contribution < -0.4 is 5.32 Å². The summed E-state index contributed by atoms with van der Waals surface area (Å²) in [5.74, 6) is 1.20. The molecule has 0 bridgehead atoms. The van der Waals surface area contributed by atoms with Gasteiger partial charge >= 0.3 is 0 Å². The molecule has 1 N–H and O–H groups in total. The number of hydrogen-bond acceptors (Lipinski definition) is 4. The normalized spacial score (nSPS) is 10.9. The fraction of sp³-hybridized carbons (Fsp3) is 0.208. The van der Waals surface area contributed by atoms with Gasteiger partial charge in [-0.2, -0.15) is 5.10 Å². The Morgan fingerprint density at radius 3 is 2.43 bits per heavy atom. The number of carbonyl (C=O) groups is 1. The molecule has 2 aromatic carbocycles. The van der Waals surface area contributed by atoms with Crippen LogP contribution in [0, 0.1) is 27.7 Å². The zero-order valence-corrected chi connectivity index (χ0v) is 17.6. The molecule has 6 heteroatoms. The number of nitrogens with zero attached hydrogens (tertiary/aromatic N) is 3. The van der Waals surface area contributed by atoms with E-state index < -0.39 is 0 Å². The van der Waals surface area contributed by atoms with Crippen LogP contribution in [-0.4, -0.2) is 20.7 Å². The van der Waals surface area contributed by atoms with Crippen molar-refractivity contribution in [2.24, 2.45) is 0 Å². The van der Waals surface area contributed by atoms with Gasteiger partial charge in [-0.15, -0.1) is 0 Å². The highest BCUT2D eigenvalue weighted by Gasteiger charge is 2.14. The molecule has 4 aromatic rings. The summed E-state index contributed by atoms with van der Waals surface area (Å²) in [6, 6.07) is 17.1. The molecule has 0 aliphatic rings. The molecule has 0 saturated carbocycles. The quantitative estimate of drug-likeness (QED) is 0.507. The van der Waals surface area contributed by atoms with E-state index in [9.17, 15) is 4.79 Å². The van der Waals surface area contributed by atoms with E-state index in [1.165, 1.54) is 0 Å². The van der Waals surface area contributed by atoms with Gasteiger partial charge in [-0.1, -0.05) is 18.2 Å². The van der Waals surface area contributed by atoms with E-state index in [0.29, 0.717) is 18.0 Å². The van der Waals surface area contributed by atoms with Gasteiger partial charge in [-0.25, -0.2) is 4.98 Å². The Balaban J connectivity index is 1.50. The molecule has 152 valence electrons. The maximum atomic E-state index is 12.5. The fourth-order valence-electron chi connectivity index (χ4n) is 3.40. The van der Waals surface area contributed by atoms with E-state index in [1.807, 2.05) is 87.0 Å². The molecule has 0 spiro atoms. The molecule has 0 aliphatic heterocycles. The average molecular weight is 400 g/mol. The van der Waals surface area contributed by atoms with Crippen molar-refractivity contribution in [1.82, 2.24) is 14.8 Å². The van der Waals surface area contributed by atoms with Crippen molar-refractivity contribution >= 4 is 11.6 Å². The molecule has 4 rings (SSSR count). The van der Waals surface area contributed by atoms with Crippen molar-refractivity contribution in [2.75, 3.05) is 5.32 Å². The Morgan fingerprint density at radius 2 is 1.77 bits per heavy atom. The molecule has 1 amide bonds. The molecule has 30 heavy (non-hydrogen) atoms. The molecule has 2 aromatic heterocycles. The lowest BCUT2D eigenvalue weighted by Crippen LogP contribution is -2.13. The predicted octanol–water partition coefficient (Wildman–Crippen LogP) is 5.07. The topological polar surface area (TPSA) is 73.0 Å². The van der Waals surface area contributed by atoms with Gasteiger partial charge in [0.25, 0.3) is 5.91 Å². The summed E-state index contributed by atoms with van der Waals surface area (Å²) < 4.78 is 7.81. The largest absolute Gasteiger partial charge is 0.441 e. The van der Waals surface area contributed by atoms with E-state index in [-0.39, 0.29) is 5.91 Å². The van der Waals surface area contributed by atoms with Crippen LogP contribution in [0.1, 0.15) is 38.8 Å². The molecule has 0 unspecified atom stereocenters. The second-order valence-corrected chi connectivity index (χ2v) is 7.45. The van der Waals surface area contributed by atoms with Gasteiger partial charge in [0.05, 0.1) is 12.2 Å². The van der Waals surface area contributed by atoms with Crippen LogP contribution in [-0.2, 0) is 6.54 Å². The number of nitrogens with one attached hydrogen (secondary N) is 1. The minimum absolute atomic E-state index is 0.125. The van der Waals surface area contributed by atoms with Crippen LogP contribution in [0.5, 0.6) is 0 Å². The molecule has 0 radical (unpaired) electrons. The highest BCUT2D eigenvalue weighted by Crippen LogP contribution is 2.24. The Labute approximate surface area is 175 Å². The lowest BCUT2D eigenvalue weighted by atomic mass is 10.1. The second-order valence-electron chi connectivity index (χ2n) is 7.45. The van der Waals surface area contributed by atoms with Crippen LogP contribution in [0.4, 0.5) is 5.69 Å². The number of aromatic nitrogens is 3. The van der Waals surface area contributed by atoms with Gasteiger partial charge in [-0.3, -0.25) is 9.48 Å². The zero-order valence-electron chi connectivity index (χ0n) is 17.6. The summed E-state index contributed by atoms with van der Waals surface area (Å²) in [5, 5.41) is 7.43. The van der Waals surface area contributed by atoms with Gasteiger partial charge in [0.1, 0.15) is 11.5 Å². The highest BCUT2D eigenvalue weighted by molar-refractivity contribution is 6.05. The lowest BCUT2D eigenvalue weighted by Gasteiger charge is -2.07. The summed E-state index contributed by atoms with van der Waals surface area (Å²) >= 11 is 0. The zero-order chi connectivity index (χ0) is 21.3. The molecule has 2 heterocycles. The van der Waals surface area contributed by atoms with E-state index in [2.05, 4.69) is 15.4 Å². The third kappa shape index (κ3) is 4.03. The fourth-order valence-corrected chi connectivity index (χ4v) is 3.40. The summed E-state index contributed by atoms with van der Waals surface area (Å²) in [6.45, 7) is 8.41. The van der Waals surface area contributed by atoms with Gasteiger partial charge < -0.3 is 9.73 Å². The molecule has 6 nitrogen and oxygen atoms in total. The standard InChI is InChI=1S/C24H24N4O2/c1-15-7-5-6-8-21(15)23(29)25-20-11-9-19(10-12-20)24-26-22(18(4)30-24)14-28-17(3)13-16(2)27-28/h5-13H,14H2,1-4H3,(H,25,29).